The third-order valence-corrected chi connectivity index (χ3v) is 8.36. The van der Waals surface area contributed by atoms with E-state index in [-0.39, 0.29) is 11.0 Å². The molecule has 3 heterocycles. The van der Waals surface area contributed by atoms with Crippen molar-refractivity contribution in [2.45, 2.75) is 49.1 Å². The van der Waals surface area contributed by atoms with Gasteiger partial charge in [-0.3, -0.25) is 0 Å². The number of piperidine rings is 2. The minimum absolute atomic E-state index is 0.0365. The maximum atomic E-state index is 12.9. The Morgan fingerprint density at radius 1 is 1.00 bits per heavy atom. The summed E-state index contributed by atoms with van der Waals surface area (Å²) in [6.45, 7) is 2.55. The summed E-state index contributed by atoms with van der Waals surface area (Å²) < 4.78 is 73.8. The monoisotopic (exact) mass is 491 g/mol. The lowest BCUT2D eigenvalue weighted by molar-refractivity contribution is -0.274. The highest BCUT2D eigenvalue weighted by atomic mass is 32.2. The predicted octanol–water partition coefficient (Wildman–Crippen LogP) is 3.74. The van der Waals surface area contributed by atoms with Crippen molar-refractivity contribution in [3.8, 4) is 10.9 Å². The van der Waals surface area contributed by atoms with E-state index in [0.717, 1.165) is 50.2 Å². The van der Waals surface area contributed by atoms with Crippen LogP contribution in [-0.4, -0.2) is 67.3 Å². The van der Waals surface area contributed by atoms with E-state index in [0.29, 0.717) is 37.2 Å². The summed E-state index contributed by atoms with van der Waals surface area (Å²) in [5.41, 5.74) is 0. The zero-order valence-electron chi connectivity index (χ0n) is 17.2. The van der Waals surface area contributed by atoms with Crippen LogP contribution in [0.4, 0.5) is 13.2 Å². The molecule has 32 heavy (non-hydrogen) atoms. The number of halogens is 3. The lowest BCUT2D eigenvalue weighted by Crippen LogP contribution is -2.50. The fraction of sp³-hybridized carbons (Fsp3) is 0.550. The van der Waals surface area contributed by atoms with E-state index in [1.165, 1.54) is 15.6 Å². The molecular formula is C20H24F3N3O4S2. The van der Waals surface area contributed by atoms with E-state index in [9.17, 15) is 21.6 Å². The standard InChI is InChI=1S/C20H24F3N3O4S2/c21-20(22,23)30-17-1-3-18(4-2-17)32(27,28)26-12-5-15(6-13-26)25-10-7-16(8-11-25)29-19-24-9-14-31-19/h1-4,9,14-16H,5-8,10-13H2. The number of hydrogen-bond donors (Lipinski definition) is 0. The first-order valence-corrected chi connectivity index (χ1v) is 12.7. The number of aromatic nitrogens is 1. The van der Waals surface area contributed by atoms with E-state index in [2.05, 4.69) is 14.6 Å². The molecule has 7 nitrogen and oxygen atoms in total. The molecule has 0 N–H and O–H groups in total. The highest BCUT2D eigenvalue weighted by molar-refractivity contribution is 7.89. The molecule has 1 aromatic carbocycles. The number of hydrogen-bond acceptors (Lipinski definition) is 7. The van der Waals surface area contributed by atoms with Crippen molar-refractivity contribution in [3.63, 3.8) is 0 Å². The van der Waals surface area contributed by atoms with Gasteiger partial charge < -0.3 is 14.4 Å². The van der Waals surface area contributed by atoms with Crippen molar-refractivity contribution >= 4 is 21.4 Å². The third kappa shape index (κ3) is 5.72. The topological polar surface area (TPSA) is 72.0 Å². The zero-order valence-corrected chi connectivity index (χ0v) is 18.8. The van der Waals surface area contributed by atoms with Crippen LogP contribution in [0.2, 0.25) is 0 Å². The van der Waals surface area contributed by atoms with Gasteiger partial charge in [0.25, 0.3) is 5.19 Å². The summed E-state index contributed by atoms with van der Waals surface area (Å²) in [5.74, 6) is -0.447. The van der Waals surface area contributed by atoms with Gasteiger partial charge in [-0.2, -0.15) is 4.31 Å². The molecule has 2 aliphatic rings. The number of benzene rings is 1. The first-order valence-electron chi connectivity index (χ1n) is 10.4. The minimum Gasteiger partial charge on any atom is -0.467 e. The normalized spacial score (nSPS) is 20.3. The summed E-state index contributed by atoms with van der Waals surface area (Å²) in [6, 6.07) is 4.64. The fourth-order valence-electron chi connectivity index (χ4n) is 4.18. The number of alkyl halides is 3. The molecule has 0 radical (unpaired) electrons. The van der Waals surface area contributed by atoms with E-state index in [1.807, 2.05) is 5.38 Å². The Hall–Kier alpha value is -1.89. The van der Waals surface area contributed by atoms with Gasteiger partial charge in [0, 0.05) is 43.8 Å². The predicted molar refractivity (Wildman–Crippen MR) is 112 cm³/mol. The molecule has 0 aliphatic carbocycles. The van der Waals surface area contributed by atoms with Gasteiger partial charge in [0.1, 0.15) is 11.9 Å². The van der Waals surface area contributed by atoms with E-state index in [4.69, 9.17) is 4.74 Å². The first-order chi connectivity index (χ1) is 15.2. The van der Waals surface area contributed by atoms with Gasteiger partial charge in [0.05, 0.1) is 4.90 Å². The second-order valence-corrected chi connectivity index (χ2v) is 10.6. The largest absolute Gasteiger partial charge is 0.573 e. The Balaban J connectivity index is 1.27. The lowest BCUT2D eigenvalue weighted by atomic mass is 10.00. The molecule has 12 heteroatoms. The molecule has 0 atom stereocenters. The van der Waals surface area contributed by atoms with Crippen molar-refractivity contribution in [2.75, 3.05) is 26.2 Å². The molecule has 0 bridgehead atoms. The molecule has 0 unspecified atom stereocenters. The molecule has 0 amide bonds. The van der Waals surface area contributed by atoms with Crippen LogP contribution in [0.25, 0.3) is 0 Å². The van der Waals surface area contributed by atoms with E-state index >= 15 is 0 Å². The molecule has 0 spiro atoms. The first kappa shape index (κ1) is 23.3. The minimum atomic E-state index is -4.82. The summed E-state index contributed by atoms with van der Waals surface area (Å²) in [4.78, 5) is 6.52. The average molecular weight is 492 g/mol. The van der Waals surface area contributed by atoms with Crippen molar-refractivity contribution in [1.82, 2.24) is 14.2 Å². The number of rotatable bonds is 6. The van der Waals surface area contributed by atoms with Crippen molar-refractivity contribution < 1.29 is 31.1 Å². The molecule has 2 aromatic rings. The van der Waals surface area contributed by atoms with E-state index in [1.54, 1.807) is 6.20 Å². The highest BCUT2D eigenvalue weighted by Crippen LogP contribution is 2.29. The van der Waals surface area contributed by atoms with Crippen LogP contribution in [0, 0.1) is 0 Å². The number of sulfonamides is 1. The van der Waals surface area contributed by atoms with Gasteiger partial charge in [-0.15, -0.1) is 13.2 Å². The summed E-state index contributed by atoms with van der Waals surface area (Å²) >= 11 is 1.48. The van der Waals surface area contributed by atoms with Gasteiger partial charge in [-0.05, 0) is 49.9 Å². The molecule has 4 rings (SSSR count). The SMILES string of the molecule is O=S(=O)(c1ccc(OC(F)(F)F)cc1)N1CCC(N2CCC(Oc3nccs3)CC2)CC1. The quantitative estimate of drug-likeness (QED) is 0.613. The van der Waals surface area contributed by atoms with Crippen LogP contribution in [0.5, 0.6) is 10.9 Å². The molecule has 0 saturated carbocycles. The smallest absolute Gasteiger partial charge is 0.467 e. The van der Waals surface area contributed by atoms with Crippen LogP contribution in [0.3, 0.4) is 0 Å². The highest BCUT2D eigenvalue weighted by Gasteiger charge is 2.34. The zero-order chi connectivity index (χ0) is 22.8. The number of ether oxygens (including phenoxy) is 2. The molecule has 176 valence electrons. The van der Waals surface area contributed by atoms with Gasteiger partial charge in [0.15, 0.2) is 0 Å². The third-order valence-electron chi connectivity index (χ3n) is 5.79. The second-order valence-electron chi connectivity index (χ2n) is 7.81. The van der Waals surface area contributed by atoms with Crippen LogP contribution < -0.4 is 9.47 Å². The Morgan fingerprint density at radius 3 is 2.22 bits per heavy atom. The van der Waals surface area contributed by atoms with Crippen LogP contribution in [0.1, 0.15) is 25.7 Å². The molecule has 1 aromatic heterocycles. The Labute approximate surface area is 188 Å². The average Bonchev–Trinajstić information content (AvgIpc) is 3.27. The maximum Gasteiger partial charge on any atom is 0.573 e. The Morgan fingerprint density at radius 2 is 1.66 bits per heavy atom. The van der Waals surface area contributed by atoms with Crippen LogP contribution in [0.15, 0.2) is 40.7 Å². The number of likely N-dealkylation sites (tertiary alicyclic amines) is 1. The number of thiazole rings is 1. The van der Waals surface area contributed by atoms with E-state index < -0.39 is 22.1 Å². The lowest BCUT2D eigenvalue weighted by Gasteiger charge is -2.41. The van der Waals surface area contributed by atoms with Gasteiger partial charge in [-0.1, -0.05) is 11.3 Å². The molecular weight excluding hydrogens is 467 g/mol. The fourth-order valence-corrected chi connectivity index (χ4v) is 6.20. The van der Waals surface area contributed by atoms with Gasteiger partial charge >= 0.3 is 6.36 Å². The summed E-state index contributed by atoms with van der Waals surface area (Å²) in [7, 11) is -3.76. The molecule has 2 fully saturated rings. The van der Waals surface area contributed by atoms with Crippen LogP contribution >= 0.6 is 11.3 Å². The summed E-state index contributed by atoms with van der Waals surface area (Å²) in [6.07, 6.45) is 0.307. The van der Waals surface area contributed by atoms with Gasteiger partial charge in [0.2, 0.25) is 10.0 Å². The Bertz CT molecular complexity index is 969. The summed E-state index contributed by atoms with van der Waals surface area (Å²) in [5, 5.41) is 2.58. The van der Waals surface area contributed by atoms with Crippen molar-refractivity contribution in [2.24, 2.45) is 0 Å². The van der Waals surface area contributed by atoms with Crippen LogP contribution in [-0.2, 0) is 10.0 Å². The van der Waals surface area contributed by atoms with Gasteiger partial charge in [-0.25, -0.2) is 13.4 Å². The second kappa shape index (κ2) is 9.54. The van der Waals surface area contributed by atoms with Crippen molar-refractivity contribution in [1.29, 1.82) is 0 Å². The number of nitrogens with zero attached hydrogens (tertiary/aromatic N) is 3. The maximum absolute atomic E-state index is 12.9. The Kier molecular flexibility index (Phi) is 6.94. The van der Waals surface area contributed by atoms with Crippen molar-refractivity contribution in [3.05, 3.63) is 35.8 Å². The molecule has 2 aliphatic heterocycles. The molecule has 2 saturated heterocycles.